The molecule has 0 unspecified atom stereocenters. The van der Waals surface area contributed by atoms with E-state index in [-0.39, 0.29) is 23.8 Å². The monoisotopic (exact) mass is 410 g/mol. The zero-order valence-corrected chi connectivity index (χ0v) is 16.5. The van der Waals surface area contributed by atoms with Gasteiger partial charge in [0.25, 0.3) is 0 Å². The Morgan fingerprint density at radius 3 is 2.46 bits per heavy atom. The number of benzene rings is 2. The molecule has 0 atom stereocenters. The van der Waals surface area contributed by atoms with E-state index in [0.29, 0.717) is 30.2 Å². The number of carbonyl (C=O) groups excluding carboxylic acids is 1. The number of ether oxygens (including phenoxy) is 2. The smallest absolute Gasteiger partial charge is 0.240 e. The van der Waals surface area contributed by atoms with E-state index in [1.165, 1.54) is 19.2 Å². The summed E-state index contributed by atoms with van der Waals surface area (Å²) in [6.07, 6.45) is 0.432. The Morgan fingerprint density at radius 1 is 1.11 bits per heavy atom. The third-order valence-electron chi connectivity index (χ3n) is 3.74. The zero-order chi connectivity index (χ0) is 20.6. The highest BCUT2D eigenvalue weighted by atomic mass is 32.2. The zero-order valence-electron chi connectivity index (χ0n) is 15.7. The van der Waals surface area contributed by atoms with Crippen LogP contribution in [0.4, 0.5) is 10.1 Å². The number of carbonyl (C=O) groups is 1. The number of anilines is 1. The average molecular weight is 410 g/mol. The first kappa shape index (κ1) is 21.6. The predicted octanol–water partition coefficient (Wildman–Crippen LogP) is 2.93. The highest BCUT2D eigenvalue weighted by Gasteiger charge is 2.14. The first-order valence-corrected chi connectivity index (χ1v) is 10.2. The normalized spacial score (nSPS) is 11.1. The number of amides is 1. The Bertz CT molecular complexity index is 901. The SMILES string of the molecule is CCOc1ccc(NC(=O)CCCNS(=O)(=O)c2ccc(F)cc2)cc1OC. The molecule has 152 valence electrons. The van der Waals surface area contributed by atoms with Crippen molar-refractivity contribution in [2.75, 3.05) is 25.6 Å². The molecule has 0 heterocycles. The van der Waals surface area contributed by atoms with Crippen LogP contribution in [0.2, 0.25) is 0 Å². The maximum absolute atomic E-state index is 12.9. The van der Waals surface area contributed by atoms with Crippen LogP contribution in [0.25, 0.3) is 0 Å². The van der Waals surface area contributed by atoms with Crippen molar-refractivity contribution < 1.29 is 27.1 Å². The lowest BCUT2D eigenvalue weighted by Crippen LogP contribution is -2.25. The molecule has 2 N–H and O–H groups in total. The van der Waals surface area contributed by atoms with Crippen LogP contribution < -0.4 is 19.5 Å². The number of methoxy groups -OCH3 is 1. The van der Waals surface area contributed by atoms with Gasteiger partial charge in [0.2, 0.25) is 15.9 Å². The fourth-order valence-electron chi connectivity index (χ4n) is 2.40. The van der Waals surface area contributed by atoms with Gasteiger partial charge in [-0.2, -0.15) is 0 Å². The van der Waals surface area contributed by atoms with Crippen molar-refractivity contribution in [2.24, 2.45) is 0 Å². The van der Waals surface area contributed by atoms with Crippen LogP contribution in [-0.4, -0.2) is 34.6 Å². The molecule has 7 nitrogen and oxygen atoms in total. The third-order valence-corrected chi connectivity index (χ3v) is 5.22. The standard InChI is InChI=1S/C19H23FN2O5S/c1-3-27-17-11-8-15(13-18(17)26-2)22-19(23)5-4-12-21-28(24,25)16-9-6-14(20)7-10-16/h6-11,13,21H,3-5,12H2,1-2H3,(H,22,23). The quantitative estimate of drug-likeness (QED) is 0.588. The van der Waals surface area contributed by atoms with Gasteiger partial charge in [0.1, 0.15) is 5.82 Å². The van der Waals surface area contributed by atoms with Crippen molar-refractivity contribution in [2.45, 2.75) is 24.7 Å². The van der Waals surface area contributed by atoms with E-state index in [0.717, 1.165) is 12.1 Å². The van der Waals surface area contributed by atoms with Crippen molar-refractivity contribution in [1.29, 1.82) is 0 Å². The van der Waals surface area contributed by atoms with E-state index in [1.54, 1.807) is 18.2 Å². The molecule has 2 aromatic rings. The molecule has 0 aliphatic heterocycles. The van der Waals surface area contributed by atoms with Crippen LogP contribution in [0.5, 0.6) is 11.5 Å². The number of nitrogens with one attached hydrogen (secondary N) is 2. The van der Waals surface area contributed by atoms with E-state index in [2.05, 4.69) is 10.0 Å². The van der Waals surface area contributed by atoms with Crippen LogP contribution in [-0.2, 0) is 14.8 Å². The fraction of sp³-hybridized carbons (Fsp3) is 0.316. The summed E-state index contributed by atoms with van der Waals surface area (Å²) in [7, 11) is -2.22. The minimum Gasteiger partial charge on any atom is -0.493 e. The largest absolute Gasteiger partial charge is 0.493 e. The van der Waals surface area contributed by atoms with E-state index in [4.69, 9.17) is 9.47 Å². The Hall–Kier alpha value is -2.65. The molecule has 1 amide bonds. The Kier molecular flexibility index (Phi) is 7.77. The summed E-state index contributed by atoms with van der Waals surface area (Å²) < 4.78 is 50.1. The minimum absolute atomic E-state index is 0.0279. The molecule has 0 spiro atoms. The maximum atomic E-state index is 12.9. The molecular weight excluding hydrogens is 387 g/mol. The minimum atomic E-state index is -3.73. The van der Waals surface area contributed by atoms with Gasteiger partial charge in [0, 0.05) is 24.7 Å². The van der Waals surface area contributed by atoms with Crippen molar-refractivity contribution in [3.8, 4) is 11.5 Å². The molecule has 0 radical (unpaired) electrons. The molecule has 28 heavy (non-hydrogen) atoms. The first-order chi connectivity index (χ1) is 13.4. The van der Waals surface area contributed by atoms with Crippen LogP contribution in [0.3, 0.4) is 0 Å². The molecule has 9 heteroatoms. The van der Waals surface area contributed by atoms with Gasteiger partial charge in [-0.1, -0.05) is 0 Å². The number of rotatable bonds is 10. The van der Waals surface area contributed by atoms with Crippen LogP contribution in [0, 0.1) is 5.82 Å². The van der Waals surface area contributed by atoms with Crippen molar-refractivity contribution in [1.82, 2.24) is 4.72 Å². The fourth-order valence-corrected chi connectivity index (χ4v) is 3.47. The van der Waals surface area contributed by atoms with E-state index >= 15 is 0 Å². The second kappa shape index (κ2) is 10.0. The summed E-state index contributed by atoms with van der Waals surface area (Å²) in [5, 5.41) is 2.73. The Balaban J connectivity index is 1.82. The van der Waals surface area contributed by atoms with Crippen molar-refractivity contribution in [3.05, 3.63) is 48.3 Å². The van der Waals surface area contributed by atoms with Gasteiger partial charge >= 0.3 is 0 Å². The molecule has 0 aromatic heterocycles. The number of hydrogen-bond donors (Lipinski definition) is 2. The molecule has 0 saturated carbocycles. The van der Waals surface area contributed by atoms with Crippen LogP contribution in [0.15, 0.2) is 47.4 Å². The van der Waals surface area contributed by atoms with Crippen LogP contribution in [0.1, 0.15) is 19.8 Å². The lowest BCUT2D eigenvalue weighted by molar-refractivity contribution is -0.116. The summed E-state index contributed by atoms with van der Waals surface area (Å²) in [5.41, 5.74) is 0.553. The number of hydrogen-bond acceptors (Lipinski definition) is 5. The van der Waals surface area contributed by atoms with Gasteiger partial charge in [-0.25, -0.2) is 17.5 Å². The Morgan fingerprint density at radius 2 is 1.82 bits per heavy atom. The van der Waals surface area contributed by atoms with Gasteiger partial charge in [-0.05, 0) is 49.7 Å². The third kappa shape index (κ3) is 6.21. The van der Waals surface area contributed by atoms with Gasteiger partial charge in [0.05, 0.1) is 18.6 Å². The maximum Gasteiger partial charge on any atom is 0.240 e. The van der Waals surface area contributed by atoms with Gasteiger partial charge in [0.15, 0.2) is 11.5 Å². The van der Waals surface area contributed by atoms with Crippen LogP contribution >= 0.6 is 0 Å². The molecule has 0 fully saturated rings. The first-order valence-electron chi connectivity index (χ1n) is 8.71. The number of halogens is 1. The van der Waals surface area contributed by atoms with Gasteiger partial charge in [-0.15, -0.1) is 0 Å². The van der Waals surface area contributed by atoms with Crippen molar-refractivity contribution >= 4 is 21.6 Å². The molecule has 0 bridgehead atoms. The predicted molar refractivity (Wildman–Crippen MR) is 104 cm³/mol. The van der Waals surface area contributed by atoms with E-state index in [9.17, 15) is 17.6 Å². The Labute approximate surface area is 163 Å². The molecular formula is C19H23FN2O5S. The summed E-state index contributed by atoms with van der Waals surface area (Å²) in [5.74, 6) is 0.318. The van der Waals surface area contributed by atoms with Gasteiger partial charge < -0.3 is 14.8 Å². The lowest BCUT2D eigenvalue weighted by atomic mass is 10.2. The summed E-state index contributed by atoms with van der Waals surface area (Å²) in [4.78, 5) is 12.0. The highest BCUT2D eigenvalue weighted by molar-refractivity contribution is 7.89. The molecule has 0 aliphatic rings. The number of sulfonamides is 1. The molecule has 0 saturated heterocycles. The van der Waals surface area contributed by atoms with Gasteiger partial charge in [-0.3, -0.25) is 4.79 Å². The molecule has 2 rings (SSSR count). The summed E-state index contributed by atoms with van der Waals surface area (Å²) >= 11 is 0. The second-order valence-electron chi connectivity index (χ2n) is 5.80. The summed E-state index contributed by atoms with van der Waals surface area (Å²) in [6.45, 7) is 2.44. The lowest BCUT2D eigenvalue weighted by Gasteiger charge is -2.12. The van der Waals surface area contributed by atoms with Crippen molar-refractivity contribution in [3.63, 3.8) is 0 Å². The summed E-state index contributed by atoms with van der Waals surface area (Å²) in [6, 6.07) is 9.57. The molecule has 2 aromatic carbocycles. The highest BCUT2D eigenvalue weighted by Crippen LogP contribution is 2.30. The average Bonchev–Trinajstić information content (AvgIpc) is 2.67. The topological polar surface area (TPSA) is 93.7 Å². The van der Waals surface area contributed by atoms with E-state index in [1.807, 2.05) is 6.92 Å². The molecule has 0 aliphatic carbocycles. The second-order valence-corrected chi connectivity index (χ2v) is 7.57. The van der Waals surface area contributed by atoms with E-state index < -0.39 is 15.8 Å².